The predicted octanol–water partition coefficient (Wildman–Crippen LogP) is 5.62. The van der Waals surface area contributed by atoms with Crippen molar-refractivity contribution in [3.8, 4) is 0 Å². The quantitative estimate of drug-likeness (QED) is 0.326. The normalized spacial score (nSPS) is 12.5. The smallest absolute Gasteiger partial charge is 0.244 e. The summed E-state index contributed by atoms with van der Waals surface area (Å²) in [6, 6.07) is 20.5. The fourth-order valence-electron chi connectivity index (χ4n) is 4.25. The summed E-state index contributed by atoms with van der Waals surface area (Å²) in [6.07, 6.45) is 1.23. The molecule has 0 aromatic heterocycles. The average Bonchev–Trinajstić information content (AvgIpc) is 2.86. The zero-order valence-corrected chi connectivity index (χ0v) is 25.6. The minimum absolute atomic E-state index is 0.0830. The maximum Gasteiger partial charge on any atom is 0.244 e. The standard InChI is InChI=1S/C30H35Cl2N3O4S/c1-21-11-9-10-14-23(21)19-34(27(29(37)33-30(2,3)4)17-22-12-7-6-8-13-22)28(36)20-35(40(5,38)39)26-18-24(31)15-16-25(26)32/h6-16,18,27H,17,19-20H2,1-5H3,(H,33,37)/t27-/m0/s1. The second-order valence-corrected chi connectivity index (χ2v) is 13.5. The second kappa shape index (κ2) is 13.1. The fraction of sp³-hybridized carbons (Fsp3) is 0.333. The molecule has 0 unspecified atom stereocenters. The molecule has 0 bridgehead atoms. The van der Waals surface area contributed by atoms with Crippen LogP contribution in [0.4, 0.5) is 5.69 Å². The third-order valence-electron chi connectivity index (χ3n) is 6.23. The van der Waals surface area contributed by atoms with Gasteiger partial charge in [0.05, 0.1) is 17.0 Å². The lowest BCUT2D eigenvalue weighted by Crippen LogP contribution is -2.56. The van der Waals surface area contributed by atoms with E-state index in [0.717, 1.165) is 27.3 Å². The summed E-state index contributed by atoms with van der Waals surface area (Å²) in [4.78, 5) is 29.4. The molecule has 3 aromatic carbocycles. The van der Waals surface area contributed by atoms with E-state index in [1.165, 1.54) is 23.1 Å². The van der Waals surface area contributed by atoms with Gasteiger partial charge in [0, 0.05) is 23.5 Å². The van der Waals surface area contributed by atoms with Crippen molar-refractivity contribution in [3.05, 3.63) is 99.5 Å². The van der Waals surface area contributed by atoms with Crippen molar-refractivity contribution in [2.75, 3.05) is 17.1 Å². The number of aryl methyl sites for hydroxylation is 1. The molecular formula is C30H35Cl2N3O4S. The first-order chi connectivity index (χ1) is 18.7. The number of carbonyl (C=O) groups excluding carboxylic acids is 2. The Morgan fingerprint density at radius 2 is 1.57 bits per heavy atom. The molecule has 0 aliphatic rings. The number of anilines is 1. The summed E-state index contributed by atoms with van der Waals surface area (Å²) in [6.45, 7) is 7.05. The van der Waals surface area contributed by atoms with Gasteiger partial charge in [-0.05, 0) is 62.6 Å². The van der Waals surface area contributed by atoms with Crippen molar-refractivity contribution in [3.63, 3.8) is 0 Å². The van der Waals surface area contributed by atoms with Crippen molar-refractivity contribution in [2.45, 2.75) is 52.2 Å². The van der Waals surface area contributed by atoms with E-state index in [4.69, 9.17) is 23.2 Å². The van der Waals surface area contributed by atoms with E-state index in [9.17, 15) is 18.0 Å². The number of rotatable bonds is 10. The van der Waals surface area contributed by atoms with E-state index in [1.807, 2.05) is 82.3 Å². The molecule has 1 atom stereocenters. The number of hydrogen-bond acceptors (Lipinski definition) is 4. The number of sulfonamides is 1. The molecule has 0 spiro atoms. The van der Waals surface area contributed by atoms with Crippen LogP contribution in [0.3, 0.4) is 0 Å². The van der Waals surface area contributed by atoms with Crippen molar-refractivity contribution in [1.82, 2.24) is 10.2 Å². The minimum atomic E-state index is -3.96. The SMILES string of the molecule is Cc1ccccc1CN(C(=O)CN(c1cc(Cl)ccc1Cl)S(C)(=O)=O)[C@@H](Cc1ccccc1)C(=O)NC(C)(C)C. The third kappa shape index (κ3) is 8.71. The van der Waals surface area contributed by atoms with Gasteiger partial charge in [-0.15, -0.1) is 0 Å². The Morgan fingerprint density at radius 3 is 2.17 bits per heavy atom. The molecule has 0 heterocycles. The maximum atomic E-state index is 14.2. The van der Waals surface area contributed by atoms with Crippen LogP contribution < -0.4 is 9.62 Å². The topological polar surface area (TPSA) is 86.8 Å². The lowest BCUT2D eigenvalue weighted by atomic mass is 10.00. The molecule has 0 saturated heterocycles. The number of hydrogen-bond donors (Lipinski definition) is 1. The molecule has 3 aromatic rings. The zero-order chi connectivity index (χ0) is 29.7. The van der Waals surface area contributed by atoms with Gasteiger partial charge in [-0.25, -0.2) is 8.42 Å². The molecule has 3 rings (SSSR count). The van der Waals surface area contributed by atoms with Crippen LogP contribution >= 0.6 is 23.2 Å². The van der Waals surface area contributed by atoms with E-state index >= 15 is 0 Å². The van der Waals surface area contributed by atoms with Gasteiger partial charge in [0.15, 0.2) is 0 Å². The van der Waals surface area contributed by atoms with E-state index in [0.29, 0.717) is 0 Å². The number of nitrogens with one attached hydrogen (secondary N) is 1. The van der Waals surface area contributed by atoms with Crippen LogP contribution in [0.1, 0.15) is 37.5 Å². The van der Waals surface area contributed by atoms with E-state index in [1.54, 1.807) is 0 Å². The highest BCUT2D eigenvalue weighted by molar-refractivity contribution is 7.92. The molecular weight excluding hydrogens is 569 g/mol. The van der Waals surface area contributed by atoms with E-state index in [-0.39, 0.29) is 34.6 Å². The molecule has 7 nitrogen and oxygen atoms in total. The Hall–Kier alpha value is -3.07. The number of halogens is 2. The Balaban J connectivity index is 2.11. The first-order valence-corrected chi connectivity index (χ1v) is 15.4. The van der Waals surface area contributed by atoms with Gasteiger partial charge in [-0.1, -0.05) is 77.8 Å². The van der Waals surface area contributed by atoms with Gasteiger partial charge in [0.1, 0.15) is 12.6 Å². The Bertz CT molecular complexity index is 1460. The zero-order valence-electron chi connectivity index (χ0n) is 23.3. The summed E-state index contributed by atoms with van der Waals surface area (Å²) in [5.41, 5.74) is 2.16. The summed E-state index contributed by atoms with van der Waals surface area (Å²) in [5, 5.41) is 3.40. The molecule has 2 amide bonds. The van der Waals surface area contributed by atoms with Crippen LogP contribution in [-0.4, -0.2) is 49.5 Å². The molecule has 10 heteroatoms. The molecule has 0 saturated carbocycles. The highest BCUT2D eigenvalue weighted by atomic mass is 35.5. The number of nitrogens with zero attached hydrogens (tertiary/aromatic N) is 2. The van der Waals surface area contributed by atoms with Gasteiger partial charge < -0.3 is 10.2 Å². The van der Waals surface area contributed by atoms with Gasteiger partial charge in [-0.2, -0.15) is 0 Å². The van der Waals surface area contributed by atoms with Gasteiger partial charge in [-0.3, -0.25) is 13.9 Å². The van der Waals surface area contributed by atoms with E-state index in [2.05, 4.69) is 5.32 Å². The van der Waals surface area contributed by atoms with Crippen molar-refractivity contribution in [1.29, 1.82) is 0 Å². The first-order valence-electron chi connectivity index (χ1n) is 12.8. The number of benzene rings is 3. The average molecular weight is 605 g/mol. The molecule has 0 aliphatic heterocycles. The van der Waals surface area contributed by atoms with Crippen LogP contribution in [0.15, 0.2) is 72.8 Å². The van der Waals surface area contributed by atoms with Crippen LogP contribution in [0.2, 0.25) is 10.0 Å². The van der Waals surface area contributed by atoms with Crippen LogP contribution in [-0.2, 0) is 32.6 Å². The van der Waals surface area contributed by atoms with Crippen molar-refractivity contribution >= 4 is 50.7 Å². The molecule has 0 radical (unpaired) electrons. The fourth-order valence-corrected chi connectivity index (χ4v) is 5.54. The maximum absolute atomic E-state index is 14.2. The van der Waals surface area contributed by atoms with Crippen LogP contribution in [0.25, 0.3) is 0 Å². The Labute approximate surface area is 247 Å². The molecule has 0 fully saturated rings. The molecule has 40 heavy (non-hydrogen) atoms. The third-order valence-corrected chi connectivity index (χ3v) is 7.91. The van der Waals surface area contributed by atoms with Gasteiger partial charge in [0.2, 0.25) is 21.8 Å². The lowest BCUT2D eigenvalue weighted by molar-refractivity contribution is -0.140. The highest BCUT2D eigenvalue weighted by Gasteiger charge is 2.35. The Morgan fingerprint density at radius 1 is 0.950 bits per heavy atom. The lowest BCUT2D eigenvalue weighted by Gasteiger charge is -2.35. The summed E-state index contributed by atoms with van der Waals surface area (Å²) in [7, 11) is -3.96. The predicted molar refractivity (Wildman–Crippen MR) is 162 cm³/mol. The summed E-state index contributed by atoms with van der Waals surface area (Å²) in [5.74, 6) is -0.903. The Kier molecular flexibility index (Phi) is 10.3. The highest BCUT2D eigenvalue weighted by Crippen LogP contribution is 2.31. The van der Waals surface area contributed by atoms with Crippen molar-refractivity contribution in [2.24, 2.45) is 0 Å². The largest absolute Gasteiger partial charge is 0.350 e. The van der Waals surface area contributed by atoms with E-state index < -0.39 is 34.1 Å². The van der Waals surface area contributed by atoms with Gasteiger partial charge in [0.25, 0.3) is 0 Å². The van der Waals surface area contributed by atoms with Gasteiger partial charge >= 0.3 is 0 Å². The minimum Gasteiger partial charge on any atom is -0.350 e. The molecule has 1 N–H and O–H groups in total. The summed E-state index contributed by atoms with van der Waals surface area (Å²) < 4.78 is 26.8. The number of carbonyl (C=O) groups is 2. The second-order valence-electron chi connectivity index (χ2n) is 10.8. The van der Waals surface area contributed by atoms with Crippen molar-refractivity contribution < 1.29 is 18.0 Å². The molecule has 214 valence electrons. The van der Waals surface area contributed by atoms with Crippen LogP contribution in [0, 0.1) is 6.92 Å². The molecule has 0 aliphatic carbocycles. The summed E-state index contributed by atoms with van der Waals surface area (Å²) >= 11 is 12.5. The monoisotopic (exact) mass is 603 g/mol. The first kappa shape index (κ1) is 31.5. The van der Waals surface area contributed by atoms with Crippen LogP contribution in [0.5, 0.6) is 0 Å². The number of amides is 2.